The third-order valence-electron chi connectivity index (χ3n) is 3.54. The molecule has 79 valence electrons. The van der Waals surface area contributed by atoms with E-state index in [0.29, 0.717) is 5.04 Å². The van der Waals surface area contributed by atoms with Gasteiger partial charge in [-0.3, -0.25) is 0 Å². The maximum Gasteiger partial charge on any atom is 0.205 e. The summed E-state index contributed by atoms with van der Waals surface area (Å²) in [5, 5.41) is 1.38. The van der Waals surface area contributed by atoms with Crippen molar-refractivity contribution >= 4 is 27.3 Å². The van der Waals surface area contributed by atoms with Crippen molar-refractivity contribution in [3.8, 4) is 0 Å². The molecule has 1 nitrogen and oxygen atoms in total. The summed E-state index contributed by atoms with van der Waals surface area (Å²) in [6.45, 7) is 12.7. The van der Waals surface area contributed by atoms with Crippen molar-refractivity contribution in [1.29, 1.82) is 0 Å². The number of nitrogens with zero attached hydrogens (tertiary/aromatic N) is 1. The fourth-order valence-corrected chi connectivity index (χ4v) is 3.76. The molecule has 1 aliphatic heterocycles. The first-order valence-electron chi connectivity index (χ1n) is 5.20. The first-order valence-corrected chi connectivity index (χ1v) is 8.52. The lowest BCUT2D eigenvalue weighted by molar-refractivity contribution is 0.599. The quantitative estimate of drug-likeness (QED) is 0.621. The number of allylic oxidation sites excluding steroid dienone is 1. The molecule has 1 radical (unpaired) electrons. The number of hydrogen-bond acceptors (Lipinski definition) is 1. The van der Waals surface area contributed by atoms with Crippen LogP contribution in [0.1, 0.15) is 20.8 Å². The van der Waals surface area contributed by atoms with Crippen LogP contribution in [0.15, 0.2) is 11.1 Å². The first kappa shape index (κ1) is 12.3. The molecule has 0 spiro atoms. The Morgan fingerprint density at radius 2 is 2.00 bits per heavy atom. The van der Waals surface area contributed by atoms with Crippen molar-refractivity contribution in [2.45, 2.75) is 45.2 Å². The lowest BCUT2D eigenvalue weighted by atomic mass is 9.86. The van der Waals surface area contributed by atoms with Gasteiger partial charge in [0.1, 0.15) is 8.24 Å². The molecule has 0 saturated carbocycles. The van der Waals surface area contributed by atoms with Crippen LogP contribution < -0.4 is 0 Å². The predicted molar refractivity (Wildman–Crippen MR) is 68.4 cm³/mol. The molecule has 0 N–H and O–H groups in total. The maximum atomic E-state index is 6.09. The van der Waals surface area contributed by atoms with E-state index in [4.69, 9.17) is 11.6 Å². The van der Waals surface area contributed by atoms with Gasteiger partial charge in [0.05, 0.1) is 0 Å². The van der Waals surface area contributed by atoms with E-state index in [0.717, 1.165) is 17.9 Å². The minimum absolute atomic E-state index is 0.387. The Morgan fingerprint density at radius 1 is 1.43 bits per heavy atom. The van der Waals surface area contributed by atoms with Crippen molar-refractivity contribution < 1.29 is 0 Å². The molecule has 4 heteroatoms. The van der Waals surface area contributed by atoms with E-state index in [1.165, 1.54) is 0 Å². The summed E-state index contributed by atoms with van der Waals surface area (Å²) in [6.07, 6.45) is 3.09. The molecule has 0 unspecified atom stereocenters. The van der Waals surface area contributed by atoms with Gasteiger partial charge in [0.2, 0.25) is 7.41 Å². The van der Waals surface area contributed by atoms with Gasteiger partial charge < -0.3 is 4.48 Å². The molecule has 0 aliphatic carbocycles. The summed E-state index contributed by atoms with van der Waals surface area (Å²) in [6, 6.07) is 0. The van der Waals surface area contributed by atoms with Gasteiger partial charge in [-0.2, -0.15) is 0 Å². The van der Waals surface area contributed by atoms with Crippen LogP contribution in [0.4, 0.5) is 0 Å². The lowest BCUT2D eigenvalue weighted by Crippen LogP contribution is -2.57. The van der Waals surface area contributed by atoms with Gasteiger partial charge in [0.15, 0.2) is 0 Å². The van der Waals surface area contributed by atoms with Crippen molar-refractivity contribution in [2.24, 2.45) is 0 Å². The van der Waals surface area contributed by atoms with E-state index in [1.54, 1.807) is 0 Å². The monoisotopic (exact) mass is 228 g/mol. The van der Waals surface area contributed by atoms with E-state index in [2.05, 4.69) is 51.8 Å². The standard InChI is InChI=1S/C10H20BClNSi/c1-10(2,3)14(4,5)13-8-9(12)6-7-11-13/h6H,7-8H2,1-5H3. The van der Waals surface area contributed by atoms with Crippen LogP contribution in [0.25, 0.3) is 0 Å². The van der Waals surface area contributed by atoms with Crippen LogP contribution in [-0.4, -0.2) is 26.7 Å². The molecule has 0 aromatic carbocycles. The Hall–Kier alpha value is 0.272. The number of halogens is 1. The molecule has 0 fully saturated rings. The van der Waals surface area contributed by atoms with Crippen LogP contribution in [0.3, 0.4) is 0 Å². The SMILES string of the molecule is CC(C)(C)[Si](C)(C)N1[B]CC=C(Cl)C1. The highest BCUT2D eigenvalue weighted by atomic mass is 35.5. The summed E-state index contributed by atoms with van der Waals surface area (Å²) in [7, 11) is 0.916. The zero-order valence-electron chi connectivity index (χ0n) is 9.89. The Labute approximate surface area is 94.9 Å². The fourth-order valence-electron chi connectivity index (χ4n) is 1.46. The highest BCUT2D eigenvalue weighted by molar-refractivity contribution is 6.82. The summed E-state index contributed by atoms with van der Waals surface area (Å²) >= 11 is 6.09. The van der Waals surface area contributed by atoms with Gasteiger partial charge in [-0.15, -0.1) is 0 Å². The van der Waals surface area contributed by atoms with E-state index >= 15 is 0 Å². The zero-order valence-corrected chi connectivity index (χ0v) is 11.7. The summed E-state index contributed by atoms with van der Waals surface area (Å²) in [5.74, 6) is 0. The Bertz CT molecular complexity index is 245. The Balaban J connectivity index is 2.79. The van der Waals surface area contributed by atoms with Crippen molar-refractivity contribution in [1.82, 2.24) is 4.48 Å². The van der Waals surface area contributed by atoms with Gasteiger partial charge in [-0.25, -0.2) is 0 Å². The smallest absolute Gasteiger partial charge is 0.205 e. The second-order valence-electron chi connectivity index (χ2n) is 5.51. The molecule has 14 heavy (non-hydrogen) atoms. The van der Waals surface area contributed by atoms with Crippen LogP contribution in [0.2, 0.25) is 24.5 Å². The van der Waals surface area contributed by atoms with Crippen LogP contribution in [0, 0.1) is 0 Å². The number of rotatable bonds is 1. The highest BCUT2D eigenvalue weighted by Gasteiger charge is 2.41. The lowest BCUT2D eigenvalue weighted by Gasteiger charge is -2.47. The van der Waals surface area contributed by atoms with Crippen molar-refractivity contribution in [3.63, 3.8) is 0 Å². The third kappa shape index (κ3) is 2.44. The number of hydrogen-bond donors (Lipinski definition) is 0. The molecule has 0 aromatic heterocycles. The summed E-state index contributed by atoms with van der Waals surface area (Å²) in [5.41, 5.74) is 0. The molecule has 0 saturated heterocycles. The zero-order chi connectivity index (χ0) is 11.0. The van der Waals surface area contributed by atoms with Gasteiger partial charge in [-0.1, -0.05) is 51.5 Å². The maximum absolute atomic E-state index is 6.09. The molecule has 0 amide bonds. The molecule has 1 heterocycles. The summed E-state index contributed by atoms with van der Waals surface area (Å²) in [4.78, 5) is 0. The third-order valence-corrected chi connectivity index (χ3v) is 9.26. The highest BCUT2D eigenvalue weighted by Crippen LogP contribution is 2.39. The average Bonchev–Trinajstić information content (AvgIpc) is 2.02. The Morgan fingerprint density at radius 3 is 2.43 bits per heavy atom. The molecule has 0 atom stereocenters. The van der Waals surface area contributed by atoms with Gasteiger partial charge in [0.25, 0.3) is 0 Å². The molecule has 1 rings (SSSR count). The fraction of sp³-hybridized carbons (Fsp3) is 0.800. The average molecular weight is 229 g/mol. The van der Waals surface area contributed by atoms with Gasteiger partial charge in [-0.05, 0) is 11.4 Å². The Kier molecular flexibility index (Phi) is 3.55. The van der Waals surface area contributed by atoms with E-state index in [9.17, 15) is 0 Å². The topological polar surface area (TPSA) is 3.24 Å². The van der Waals surface area contributed by atoms with Crippen molar-refractivity contribution in [2.75, 3.05) is 6.54 Å². The molecule has 1 aliphatic rings. The second-order valence-corrected chi connectivity index (χ2v) is 11.2. The molecular formula is C10H20BClNSi. The van der Waals surface area contributed by atoms with Gasteiger partial charge in [0, 0.05) is 11.6 Å². The molecule has 0 aromatic rings. The summed E-state index contributed by atoms with van der Waals surface area (Å²) < 4.78 is 2.50. The van der Waals surface area contributed by atoms with E-state index in [-0.39, 0.29) is 0 Å². The minimum Gasteiger partial charge on any atom is -0.364 e. The van der Waals surface area contributed by atoms with Crippen LogP contribution >= 0.6 is 11.6 Å². The van der Waals surface area contributed by atoms with Crippen LogP contribution in [0.5, 0.6) is 0 Å². The first-order chi connectivity index (χ1) is 6.25. The normalized spacial score (nSPS) is 20.3. The van der Waals surface area contributed by atoms with E-state index < -0.39 is 8.24 Å². The van der Waals surface area contributed by atoms with Crippen LogP contribution in [-0.2, 0) is 0 Å². The predicted octanol–water partition coefficient (Wildman–Crippen LogP) is 3.47. The van der Waals surface area contributed by atoms with Gasteiger partial charge >= 0.3 is 0 Å². The molecule has 0 bridgehead atoms. The second kappa shape index (κ2) is 4.03. The minimum atomic E-state index is -1.39. The molecular weight excluding hydrogens is 208 g/mol. The van der Waals surface area contributed by atoms with Crippen molar-refractivity contribution in [3.05, 3.63) is 11.1 Å². The largest absolute Gasteiger partial charge is 0.364 e. The van der Waals surface area contributed by atoms with E-state index in [1.807, 2.05) is 0 Å².